The molecule has 0 aliphatic heterocycles. The molecule has 1 aromatic carbocycles. The lowest BCUT2D eigenvalue weighted by Gasteiger charge is -2.03. The largest absolute Gasteiger partial charge is 0.429 e. The minimum Gasteiger partial charge on any atom is -0.429 e. The normalized spacial score (nSPS) is 10.1. The fraction of sp³-hybridized carbons (Fsp3) is 0.182. The summed E-state index contributed by atoms with van der Waals surface area (Å²) in [5, 5.41) is 0. The van der Waals surface area contributed by atoms with Gasteiger partial charge in [0.25, 0.3) is 0 Å². The van der Waals surface area contributed by atoms with E-state index in [-0.39, 0.29) is 5.97 Å². The van der Waals surface area contributed by atoms with E-state index in [2.05, 4.69) is 0 Å². The molecule has 1 rings (SSSR count). The third-order valence-corrected chi connectivity index (χ3v) is 1.54. The van der Waals surface area contributed by atoms with Gasteiger partial charge >= 0.3 is 5.97 Å². The molecule has 0 radical (unpaired) electrons. The summed E-state index contributed by atoms with van der Waals surface area (Å²) in [6.45, 7) is 0. The molecule has 0 heterocycles. The van der Waals surface area contributed by atoms with Crippen LogP contribution in [0.2, 0.25) is 0 Å². The van der Waals surface area contributed by atoms with Gasteiger partial charge in [-0.25, -0.2) is 4.79 Å². The van der Waals surface area contributed by atoms with Gasteiger partial charge in [-0.2, -0.15) is 0 Å². The second-order valence-corrected chi connectivity index (χ2v) is 3.02. The number of carbonyl (C=O) groups excluding carboxylic acids is 1. The smallest absolute Gasteiger partial charge is 0.342 e. The summed E-state index contributed by atoms with van der Waals surface area (Å²) in [4.78, 5) is 13.1. The van der Waals surface area contributed by atoms with Crippen molar-refractivity contribution in [3.05, 3.63) is 48.4 Å². The Morgan fingerprint density at radius 3 is 2.50 bits per heavy atom. The number of nitrogens with zero attached hydrogens (tertiary/aromatic N) is 1. The summed E-state index contributed by atoms with van der Waals surface area (Å²) < 4.78 is 4.88. The number of hydrogen-bond acceptors (Lipinski definition) is 3. The fourth-order valence-electron chi connectivity index (χ4n) is 0.856. The molecule has 0 aromatic heterocycles. The molecule has 0 saturated carbocycles. The third-order valence-electron chi connectivity index (χ3n) is 1.54. The first-order chi connectivity index (χ1) is 6.70. The van der Waals surface area contributed by atoms with Crippen LogP contribution in [0.1, 0.15) is 10.4 Å². The predicted molar refractivity (Wildman–Crippen MR) is 54.7 cm³/mol. The quantitative estimate of drug-likeness (QED) is 0.539. The summed E-state index contributed by atoms with van der Waals surface area (Å²) in [7, 11) is 3.71. The van der Waals surface area contributed by atoms with Crippen LogP contribution in [-0.2, 0) is 4.74 Å². The highest BCUT2D eigenvalue weighted by molar-refractivity contribution is 5.89. The lowest BCUT2D eigenvalue weighted by Crippen LogP contribution is -2.03. The van der Waals surface area contributed by atoms with E-state index >= 15 is 0 Å². The second kappa shape index (κ2) is 5.07. The van der Waals surface area contributed by atoms with E-state index in [1.807, 2.05) is 20.2 Å². The van der Waals surface area contributed by atoms with Crippen molar-refractivity contribution in [3.63, 3.8) is 0 Å². The zero-order valence-corrected chi connectivity index (χ0v) is 8.31. The van der Waals surface area contributed by atoms with E-state index < -0.39 is 0 Å². The standard InChI is InChI=1S/C11H13NO2/c1-12(2)8-9-14-11(13)10-6-4-3-5-7-10/h3-9H,1-2H3/b9-8+. The molecule has 0 aliphatic carbocycles. The first-order valence-electron chi connectivity index (χ1n) is 4.29. The van der Waals surface area contributed by atoms with E-state index in [9.17, 15) is 4.79 Å². The predicted octanol–water partition coefficient (Wildman–Crippen LogP) is 1.88. The van der Waals surface area contributed by atoms with Crippen molar-refractivity contribution in [2.45, 2.75) is 0 Å². The van der Waals surface area contributed by atoms with Gasteiger partial charge in [0.2, 0.25) is 0 Å². The highest BCUT2D eigenvalue weighted by atomic mass is 16.5. The van der Waals surface area contributed by atoms with E-state index in [4.69, 9.17) is 4.74 Å². The van der Waals surface area contributed by atoms with E-state index in [0.717, 1.165) is 0 Å². The molecular formula is C11H13NO2. The average Bonchev–Trinajstić information content (AvgIpc) is 2.18. The Balaban J connectivity index is 2.52. The van der Waals surface area contributed by atoms with Gasteiger partial charge in [-0.15, -0.1) is 0 Å². The van der Waals surface area contributed by atoms with Crippen LogP contribution in [0, 0.1) is 0 Å². The Morgan fingerprint density at radius 2 is 1.93 bits per heavy atom. The van der Waals surface area contributed by atoms with Gasteiger partial charge in [-0.3, -0.25) is 0 Å². The Kier molecular flexibility index (Phi) is 3.73. The number of carbonyl (C=O) groups is 1. The zero-order chi connectivity index (χ0) is 10.4. The fourth-order valence-corrected chi connectivity index (χ4v) is 0.856. The molecular weight excluding hydrogens is 178 g/mol. The maximum absolute atomic E-state index is 11.3. The van der Waals surface area contributed by atoms with E-state index in [1.165, 1.54) is 6.26 Å². The molecule has 74 valence electrons. The highest BCUT2D eigenvalue weighted by Gasteiger charge is 2.02. The van der Waals surface area contributed by atoms with Crippen LogP contribution in [0.5, 0.6) is 0 Å². The maximum Gasteiger partial charge on any atom is 0.342 e. The van der Waals surface area contributed by atoms with Crippen LogP contribution in [-0.4, -0.2) is 25.0 Å². The molecule has 0 fully saturated rings. The molecule has 0 aliphatic rings. The van der Waals surface area contributed by atoms with Crippen LogP contribution < -0.4 is 0 Å². The molecule has 0 amide bonds. The first-order valence-corrected chi connectivity index (χ1v) is 4.29. The lowest BCUT2D eigenvalue weighted by atomic mass is 10.2. The summed E-state index contributed by atoms with van der Waals surface area (Å²) in [6, 6.07) is 8.88. The van der Waals surface area contributed by atoms with Crippen LogP contribution >= 0.6 is 0 Å². The van der Waals surface area contributed by atoms with E-state index in [0.29, 0.717) is 5.56 Å². The second-order valence-electron chi connectivity index (χ2n) is 3.02. The van der Waals surface area contributed by atoms with Gasteiger partial charge in [0.05, 0.1) is 5.56 Å². The van der Waals surface area contributed by atoms with Crippen molar-refractivity contribution in [2.24, 2.45) is 0 Å². The maximum atomic E-state index is 11.3. The van der Waals surface area contributed by atoms with Crippen LogP contribution in [0.4, 0.5) is 0 Å². The van der Waals surface area contributed by atoms with Gasteiger partial charge < -0.3 is 9.64 Å². The molecule has 0 unspecified atom stereocenters. The number of hydrogen-bond donors (Lipinski definition) is 0. The van der Waals surface area contributed by atoms with Gasteiger partial charge in [0.15, 0.2) is 0 Å². The third kappa shape index (κ3) is 3.31. The summed E-state index contributed by atoms with van der Waals surface area (Å²) in [5.41, 5.74) is 0.552. The molecule has 14 heavy (non-hydrogen) atoms. The Labute approximate surface area is 83.6 Å². The van der Waals surface area contributed by atoms with Gasteiger partial charge in [-0.1, -0.05) is 18.2 Å². The first kappa shape index (κ1) is 10.3. The van der Waals surface area contributed by atoms with Gasteiger partial charge in [0.1, 0.15) is 6.26 Å². The van der Waals surface area contributed by atoms with Crippen molar-refractivity contribution >= 4 is 5.97 Å². The molecule has 3 nitrogen and oxygen atoms in total. The highest BCUT2D eigenvalue weighted by Crippen LogP contribution is 2.00. The molecule has 3 heteroatoms. The van der Waals surface area contributed by atoms with Crippen LogP contribution in [0.3, 0.4) is 0 Å². The summed E-state index contributed by atoms with van der Waals surface area (Å²) in [6.07, 6.45) is 3.04. The Bertz CT molecular complexity index is 317. The topological polar surface area (TPSA) is 29.5 Å². The molecule has 1 aromatic rings. The monoisotopic (exact) mass is 191 g/mol. The van der Waals surface area contributed by atoms with Crippen LogP contribution in [0.25, 0.3) is 0 Å². The molecule has 0 atom stereocenters. The Morgan fingerprint density at radius 1 is 1.29 bits per heavy atom. The lowest BCUT2D eigenvalue weighted by molar-refractivity contribution is 0.0660. The van der Waals surface area contributed by atoms with Crippen molar-refractivity contribution in [2.75, 3.05) is 14.1 Å². The van der Waals surface area contributed by atoms with Gasteiger partial charge in [-0.05, 0) is 12.1 Å². The van der Waals surface area contributed by atoms with Crippen molar-refractivity contribution in [1.82, 2.24) is 4.90 Å². The number of rotatable bonds is 3. The molecule has 0 spiro atoms. The number of ether oxygens (including phenoxy) is 1. The van der Waals surface area contributed by atoms with Crippen molar-refractivity contribution in [1.29, 1.82) is 0 Å². The minimum absolute atomic E-state index is 0.344. The van der Waals surface area contributed by atoms with E-state index in [1.54, 1.807) is 35.4 Å². The SMILES string of the molecule is CN(C)/C=C/OC(=O)c1ccccc1. The summed E-state index contributed by atoms with van der Waals surface area (Å²) in [5.74, 6) is -0.344. The number of benzene rings is 1. The molecule has 0 bridgehead atoms. The number of esters is 1. The Hall–Kier alpha value is -1.77. The van der Waals surface area contributed by atoms with Gasteiger partial charge in [0, 0.05) is 20.3 Å². The zero-order valence-electron chi connectivity index (χ0n) is 8.31. The minimum atomic E-state index is -0.344. The van der Waals surface area contributed by atoms with Crippen molar-refractivity contribution < 1.29 is 9.53 Å². The average molecular weight is 191 g/mol. The molecule has 0 N–H and O–H groups in total. The summed E-state index contributed by atoms with van der Waals surface area (Å²) >= 11 is 0. The van der Waals surface area contributed by atoms with Crippen molar-refractivity contribution in [3.8, 4) is 0 Å². The van der Waals surface area contributed by atoms with Crippen LogP contribution in [0.15, 0.2) is 42.8 Å². The molecule has 0 saturated heterocycles.